The van der Waals surface area contributed by atoms with E-state index in [9.17, 15) is 4.79 Å². The first kappa shape index (κ1) is 13.5. The summed E-state index contributed by atoms with van der Waals surface area (Å²) in [5.41, 5.74) is 3.93. The van der Waals surface area contributed by atoms with Crippen molar-refractivity contribution in [1.29, 1.82) is 0 Å². The fourth-order valence-corrected chi connectivity index (χ4v) is 3.24. The second-order valence-corrected chi connectivity index (χ2v) is 6.40. The lowest BCUT2D eigenvalue weighted by atomic mass is 9.85. The molecule has 1 aliphatic carbocycles. The molecule has 108 valence electrons. The molecule has 1 aromatic carbocycles. The van der Waals surface area contributed by atoms with E-state index in [1.54, 1.807) is 6.92 Å². The maximum Gasteiger partial charge on any atom is 0.306 e. The van der Waals surface area contributed by atoms with E-state index in [1.165, 1.54) is 37.1 Å². The molecule has 0 amide bonds. The van der Waals surface area contributed by atoms with Gasteiger partial charge in [0, 0.05) is 18.8 Å². The van der Waals surface area contributed by atoms with Crippen molar-refractivity contribution in [3.05, 3.63) is 29.3 Å². The lowest BCUT2D eigenvalue weighted by Crippen LogP contribution is -2.31. The molecule has 1 N–H and O–H groups in total. The zero-order chi connectivity index (χ0) is 14.1. The summed E-state index contributed by atoms with van der Waals surface area (Å²) in [6, 6.07) is 6.52. The molecule has 1 saturated carbocycles. The molecule has 3 nitrogen and oxygen atoms in total. The third-order valence-corrected chi connectivity index (χ3v) is 4.81. The molecule has 3 rings (SSSR count). The summed E-state index contributed by atoms with van der Waals surface area (Å²) in [7, 11) is 0. The van der Waals surface area contributed by atoms with Crippen LogP contribution in [-0.4, -0.2) is 24.2 Å². The molecule has 20 heavy (non-hydrogen) atoms. The predicted molar refractivity (Wildman–Crippen MR) is 80.2 cm³/mol. The monoisotopic (exact) mass is 273 g/mol. The number of aliphatic carboxylic acids is 1. The Balaban J connectivity index is 1.73. The van der Waals surface area contributed by atoms with Crippen molar-refractivity contribution < 1.29 is 9.90 Å². The standard InChI is InChI=1S/C17H23NO2/c1-12(17(19)20)9-14-5-6-15-7-8-18(16(15)10-14)11-13-3-2-4-13/h5-6,10,12-13H,2-4,7-9,11H2,1H3,(H,19,20). The van der Waals surface area contributed by atoms with Crippen molar-refractivity contribution in [3.8, 4) is 0 Å². The van der Waals surface area contributed by atoms with E-state index in [0.29, 0.717) is 6.42 Å². The number of fused-ring (bicyclic) bond motifs is 1. The molecule has 0 saturated heterocycles. The first-order valence-electron chi connectivity index (χ1n) is 7.73. The number of anilines is 1. The second kappa shape index (κ2) is 5.47. The number of carboxylic acid groups (broad SMARTS) is 1. The molecule has 0 bridgehead atoms. The van der Waals surface area contributed by atoms with Gasteiger partial charge in [-0.25, -0.2) is 0 Å². The number of benzene rings is 1. The Kier molecular flexibility index (Phi) is 3.68. The zero-order valence-electron chi connectivity index (χ0n) is 12.1. The molecule has 1 unspecified atom stereocenters. The summed E-state index contributed by atoms with van der Waals surface area (Å²) in [5, 5.41) is 9.04. The highest BCUT2D eigenvalue weighted by molar-refractivity contribution is 5.70. The number of carbonyl (C=O) groups is 1. The van der Waals surface area contributed by atoms with Gasteiger partial charge >= 0.3 is 5.97 Å². The van der Waals surface area contributed by atoms with Crippen LogP contribution in [0.25, 0.3) is 0 Å². The second-order valence-electron chi connectivity index (χ2n) is 6.40. The Labute approximate surface area is 120 Å². The van der Waals surface area contributed by atoms with Crippen LogP contribution in [0.1, 0.15) is 37.3 Å². The SMILES string of the molecule is CC(Cc1ccc2c(c1)N(CC1CCC1)CC2)C(=O)O. The van der Waals surface area contributed by atoms with E-state index in [1.807, 2.05) is 0 Å². The number of hydrogen-bond donors (Lipinski definition) is 1. The Morgan fingerprint density at radius 2 is 2.25 bits per heavy atom. The fraction of sp³-hybridized carbons (Fsp3) is 0.588. The lowest BCUT2D eigenvalue weighted by molar-refractivity contribution is -0.141. The molecule has 1 atom stereocenters. The molecule has 1 aromatic rings. The predicted octanol–water partition coefficient (Wildman–Crippen LogP) is 3.11. The smallest absolute Gasteiger partial charge is 0.306 e. The third-order valence-electron chi connectivity index (χ3n) is 4.81. The van der Waals surface area contributed by atoms with E-state index in [4.69, 9.17) is 5.11 Å². The number of rotatable bonds is 5. The third kappa shape index (κ3) is 2.67. The van der Waals surface area contributed by atoms with Crippen LogP contribution in [0.5, 0.6) is 0 Å². The van der Waals surface area contributed by atoms with Gasteiger partial charge < -0.3 is 10.0 Å². The van der Waals surface area contributed by atoms with Crippen LogP contribution < -0.4 is 4.90 Å². The number of hydrogen-bond acceptors (Lipinski definition) is 2. The highest BCUT2D eigenvalue weighted by Crippen LogP contribution is 2.34. The number of carboxylic acids is 1. The van der Waals surface area contributed by atoms with Crippen molar-refractivity contribution >= 4 is 11.7 Å². The van der Waals surface area contributed by atoms with Gasteiger partial charge in [0.05, 0.1) is 5.92 Å². The normalized spacial score (nSPS) is 19.6. The molecule has 1 fully saturated rings. The van der Waals surface area contributed by atoms with Crippen molar-refractivity contribution in [2.45, 2.75) is 39.0 Å². The molecule has 2 aliphatic rings. The van der Waals surface area contributed by atoms with Gasteiger partial charge in [0.1, 0.15) is 0 Å². The van der Waals surface area contributed by atoms with E-state index < -0.39 is 5.97 Å². The van der Waals surface area contributed by atoms with Crippen LogP contribution in [0.3, 0.4) is 0 Å². The van der Waals surface area contributed by atoms with Crippen LogP contribution in [0.2, 0.25) is 0 Å². The topological polar surface area (TPSA) is 40.5 Å². The highest BCUT2D eigenvalue weighted by atomic mass is 16.4. The fourth-order valence-electron chi connectivity index (χ4n) is 3.24. The van der Waals surface area contributed by atoms with E-state index >= 15 is 0 Å². The van der Waals surface area contributed by atoms with Crippen LogP contribution in [0.4, 0.5) is 5.69 Å². The van der Waals surface area contributed by atoms with Crippen LogP contribution >= 0.6 is 0 Å². The summed E-state index contributed by atoms with van der Waals surface area (Å²) in [6.07, 6.45) is 5.90. The van der Waals surface area contributed by atoms with Gasteiger partial charge in [-0.2, -0.15) is 0 Å². The maximum atomic E-state index is 11.0. The Morgan fingerprint density at radius 3 is 2.90 bits per heavy atom. The summed E-state index contributed by atoms with van der Waals surface area (Å²) in [4.78, 5) is 13.5. The molecular weight excluding hydrogens is 250 g/mol. The van der Waals surface area contributed by atoms with Crippen LogP contribution in [0.15, 0.2) is 18.2 Å². The van der Waals surface area contributed by atoms with E-state index in [0.717, 1.165) is 24.4 Å². The van der Waals surface area contributed by atoms with Crippen LogP contribution in [0, 0.1) is 11.8 Å². The van der Waals surface area contributed by atoms with Crippen molar-refractivity contribution in [3.63, 3.8) is 0 Å². The molecule has 1 aliphatic heterocycles. The Bertz CT molecular complexity index is 508. The van der Waals surface area contributed by atoms with Crippen molar-refractivity contribution in [2.24, 2.45) is 11.8 Å². The van der Waals surface area contributed by atoms with Crippen molar-refractivity contribution in [1.82, 2.24) is 0 Å². The van der Waals surface area contributed by atoms with Gasteiger partial charge in [-0.3, -0.25) is 4.79 Å². The lowest BCUT2D eigenvalue weighted by Gasteiger charge is -2.31. The minimum absolute atomic E-state index is 0.311. The van der Waals surface area contributed by atoms with Crippen molar-refractivity contribution in [2.75, 3.05) is 18.0 Å². The van der Waals surface area contributed by atoms with Gasteiger partial charge in [0.25, 0.3) is 0 Å². The zero-order valence-corrected chi connectivity index (χ0v) is 12.1. The maximum absolute atomic E-state index is 11.0. The van der Waals surface area contributed by atoms with E-state index in [2.05, 4.69) is 23.1 Å². The quantitative estimate of drug-likeness (QED) is 0.896. The molecule has 0 aromatic heterocycles. The molecule has 0 spiro atoms. The first-order chi connectivity index (χ1) is 9.63. The Morgan fingerprint density at radius 1 is 1.45 bits per heavy atom. The highest BCUT2D eigenvalue weighted by Gasteiger charge is 2.25. The average molecular weight is 273 g/mol. The molecule has 1 heterocycles. The molecule has 0 radical (unpaired) electrons. The van der Waals surface area contributed by atoms with Crippen LogP contribution in [-0.2, 0) is 17.6 Å². The van der Waals surface area contributed by atoms with Gasteiger partial charge in [-0.1, -0.05) is 25.5 Å². The molecule has 3 heteroatoms. The number of nitrogens with zero attached hydrogens (tertiary/aromatic N) is 1. The summed E-state index contributed by atoms with van der Waals surface area (Å²) in [6.45, 7) is 4.09. The van der Waals surface area contributed by atoms with Gasteiger partial charge in [0.2, 0.25) is 0 Å². The minimum atomic E-state index is -0.711. The summed E-state index contributed by atoms with van der Waals surface area (Å²) < 4.78 is 0. The summed E-state index contributed by atoms with van der Waals surface area (Å²) >= 11 is 0. The van der Waals surface area contributed by atoms with Gasteiger partial charge in [-0.05, 0) is 48.8 Å². The van der Waals surface area contributed by atoms with Gasteiger partial charge in [-0.15, -0.1) is 0 Å². The Hall–Kier alpha value is -1.51. The minimum Gasteiger partial charge on any atom is -0.481 e. The summed E-state index contributed by atoms with van der Waals surface area (Å²) in [5.74, 6) is -0.145. The van der Waals surface area contributed by atoms with E-state index in [-0.39, 0.29) is 5.92 Å². The average Bonchev–Trinajstić information content (AvgIpc) is 2.76. The molecular formula is C17H23NO2. The van der Waals surface area contributed by atoms with Gasteiger partial charge in [0.15, 0.2) is 0 Å². The largest absolute Gasteiger partial charge is 0.481 e. The first-order valence-corrected chi connectivity index (χ1v) is 7.73.